The first-order chi connectivity index (χ1) is 9.74. The third kappa shape index (κ3) is 3.86. The van der Waals surface area contributed by atoms with Gasteiger partial charge in [0.2, 0.25) is 0 Å². The summed E-state index contributed by atoms with van der Waals surface area (Å²) in [5.41, 5.74) is 2.29. The minimum absolute atomic E-state index is 0.356. The van der Waals surface area contributed by atoms with Crippen LogP contribution in [0, 0.1) is 6.92 Å². The summed E-state index contributed by atoms with van der Waals surface area (Å²) in [6.45, 7) is 7.63. The smallest absolute Gasteiger partial charge is 0.134 e. The monoisotopic (exact) mass is 273 g/mol. The number of unbranched alkanes of at least 4 members (excludes halogenated alkanes) is 2. The highest BCUT2D eigenvalue weighted by atomic mass is 16.3. The zero-order valence-electron chi connectivity index (χ0n) is 13.0. The lowest BCUT2D eigenvalue weighted by Crippen LogP contribution is -2.21. The first-order valence-electron chi connectivity index (χ1n) is 7.98. The molecule has 0 saturated carbocycles. The van der Waals surface area contributed by atoms with Crippen LogP contribution in [0.5, 0.6) is 0 Å². The maximum Gasteiger partial charge on any atom is 0.134 e. The number of benzene rings is 1. The van der Waals surface area contributed by atoms with Crippen LogP contribution in [0.1, 0.15) is 63.3 Å². The average molecular weight is 273 g/mol. The molecule has 110 valence electrons. The minimum atomic E-state index is 0.356. The molecule has 1 aromatic heterocycles. The highest BCUT2D eigenvalue weighted by Gasteiger charge is 2.15. The number of hydrogen-bond acceptors (Lipinski definition) is 2. The van der Waals surface area contributed by atoms with Gasteiger partial charge in [0.1, 0.15) is 11.3 Å². The molecule has 1 unspecified atom stereocenters. The molecule has 0 aliphatic rings. The predicted octanol–water partition coefficient (Wildman–Crippen LogP) is 5.36. The normalized spacial score (nSPS) is 12.9. The summed E-state index contributed by atoms with van der Waals surface area (Å²) in [7, 11) is 0. The Morgan fingerprint density at radius 3 is 2.70 bits per heavy atom. The Labute approximate surface area is 122 Å². The van der Waals surface area contributed by atoms with Crippen LogP contribution in [0.15, 0.2) is 28.7 Å². The van der Waals surface area contributed by atoms with E-state index < -0.39 is 0 Å². The van der Waals surface area contributed by atoms with Crippen LogP contribution in [0.25, 0.3) is 11.0 Å². The summed E-state index contributed by atoms with van der Waals surface area (Å²) in [6, 6.07) is 8.96. The molecule has 1 atom stereocenters. The summed E-state index contributed by atoms with van der Waals surface area (Å²) in [5, 5.41) is 4.85. The van der Waals surface area contributed by atoms with E-state index in [2.05, 4.69) is 50.4 Å². The van der Waals surface area contributed by atoms with Gasteiger partial charge in [-0.25, -0.2) is 0 Å². The molecule has 0 aliphatic carbocycles. The van der Waals surface area contributed by atoms with Crippen molar-refractivity contribution < 1.29 is 4.42 Å². The van der Waals surface area contributed by atoms with Crippen LogP contribution in [-0.2, 0) is 0 Å². The molecule has 0 fully saturated rings. The Balaban J connectivity index is 2.15. The van der Waals surface area contributed by atoms with Gasteiger partial charge >= 0.3 is 0 Å². The molecule has 2 heteroatoms. The van der Waals surface area contributed by atoms with Crippen LogP contribution in [0.4, 0.5) is 0 Å². The van der Waals surface area contributed by atoms with Crippen molar-refractivity contribution in [3.63, 3.8) is 0 Å². The molecule has 20 heavy (non-hydrogen) atoms. The summed E-state index contributed by atoms with van der Waals surface area (Å²) in [5.74, 6) is 1.09. The van der Waals surface area contributed by atoms with Gasteiger partial charge in [0.25, 0.3) is 0 Å². The van der Waals surface area contributed by atoms with Crippen molar-refractivity contribution in [2.75, 3.05) is 6.54 Å². The van der Waals surface area contributed by atoms with Gasteiger partial charge in [-0.1, -0.05) is 44.7 Å². The number of aryl methyl sites for hydroxylation is 1. The molecule has 0 saturated heterocycles. The van der Waals surface area contributed by atoms with E-state index in [4.69, 9.17) is 4.42 Å². The van der Waals surface area contributed by atoms with Gasteiger partial charge in [0, 0.05) is 5.39 Å². The quantitative estimate of drug-likeness (QED) is 0.655. The average Bonchev–Trinajstić information content (AvgIpc) is 2.85. The number of nitrogens with one attached hydrogen (secondary N) is 1. The summed E-state index contributed by atoms with van der Waals surface area (Å²) < 4.78 is 6.05. The Kier molecular flexibility index (Phi) is 5.66. The third-order valence-corrected chi connectivity index (χ3v) is 3.77. The molecule has 2 aromatic rings. The molecule has 2 nitrogen and oxygen atoms in total. The first-order valence-corrected chi connectivity index (χ1v) is 7.98. The second kappa shape index (κ2) is 7.49. The fraction of sp³-hybridized carbons (Fsp3) is 0.556. The van der Waals surface area contributed by atoms with Crippen molar-refractivity contribution in [3.8, 4) is 0 Å². The minimum Gasteiger partial charge on any atom is -0.459 e. The Morgan fingerprint density at radius 2 is 1.95 bits per heavy atom. The second-order valence-electron chi connectivity index (χ2n) is 5.69. The predicted molar refractivity (Wildman–Crippen MR) is 86.1 cm³/mol. The standard InChI is InChI=1S/C18H27NO/c1-4-6-7-8-16(19-11-5-2)18-13-15-12-14(3)9-10-17(15)20-18/h9-10,12-13,16,19H,4-8,11H2,1-3H3. The molecule has 0 radical (unpaired) electrons. The van der Waals surface area contributed by atoms with E-state index in [0.29, 0.717) is 6.04 Å². The van der Waals surface area contributed by atoms with Crippen molar-refractivity contribution in [3.05, 3.63) is 35.6 Å². The molecule has 2 rings (SSSR count). The molecule has 0 bridgehead atoms. The Morgan fingerprint density at radius 1 is 1.10 bits per heavy atom. The van der Waals surface area contributed by atoms with E-state index >= 15 is 0 Å². The van der Waals surface area contributed by atoms with E-state index in [1.165, 1.54) is 30.2 Å². The maximum absolute atomic E-state index is 6.05. The zero-order chi connectivity index (χ0) is 14.4. The molecule has 0 spiro atoms. The molecule has 1 heterocycles. The topological polar surface area (TPSA) is 25.2 Å². The van der Waals surface area contributed by atoms with Crippen molar-refractivity contribution >= 4 is 11.0 Å². The lowest BCUT2D eigenvalue weighted by atomic mass is 10.1. The van der Waals surface area contributed by atoms with E-state index in [0.717, 1.165) is 30.7 Å². The number of rotatable bonds is 8. The SMILES string of the molecule is CCCCCC(NCCC)c1cc2cc(C)ccc2o1. The van der Waals surface area contributed by atoms with Crippen molar-refractivity contribution in [2.45, 2.75) is 58.9 Å². The van der Waals surface area contributed by atoms with E-state index in [1.807, 2.05) is 0 Å². The van der Waals surface area contributed by atoms with E-state index in [1.54, 1.807) is 0 Å². The van der Waals surface area contributed by atoms with E-state index in [9.17, 15) is 0 Å². The van der Waals surface area contributed by atoms with Gasteiger partial charge in [-0.15, -0.1) is 0 Å². The number of fused-ring (bicyclic) bond motifs is 1. The first kappa shape index (κ1) is 15.1. The highest BCUT2D eigenvalue weighted by molar-refractivity contribution is 5.78. The maximum atomic E-state index is 6.05. The molecular weight excluding hydrogens is 246 g/mol. The lowest BCUT2D eigenvalue weighted by molar-refractivity contribution is 0.399. The molecule has 1 aromatic carbocycles. The van der Waals surface area contributed by atoms with Crippen molar-refractivity contribution in [2.24, 2.45) is 0 Å². The van der Waals surface area contributed by atoms with Gasteiger partial charge in [-0.3, -0.25) is 0 Å². The lowest BCUT2D eigenvalue weighted by Gasteiger charge is -2.15. The van der Waals surface area contributed by atoms with Gasteiger partial charge < -0.3 is 9.73 Å². The molecule has 0 amide bonds. The molecule has 1 N–H and O–H groups in total. The van der Waals surface area contributed by atoms with Crippen molar-refractivity contribution in [1.29, 1.82) is 0 Å². The summed E-state index contributed by atoms with van der Waals surface area (Å²) in [6.07, 6.45) is 6.13. The van der Waals surface area contributed by atoms with Crippen molar-refractivity contribution in [1.82, 2.24) is 5.32 Å². The fourth-order valence-corrected chi connectivity index (χ4v) is 2.62. The van der Waals surface area contributed by atoms with Crippen LogP contribution in [0.2, 0.25) is 0 Å². The van der Waals surface area contributed by atoms with Gasteiger partial charge in [0.05, 0.1) is 6.04 Å². The number of furan rings is 1. The van der Waals surface area contributed by atoms with E-state index in [-0.39, 0.29) is 0 Å². The van der Waals surface area contributed by atoms with Crippen LogP contribution >= 0.6 is 0 Å². The highest BCUT2D eigenvalue weighted by Crippen LogP contribution is 2.27. The fourth-order valence-electron chi connectivity index (χ4n) is 2.62. The zero-order valence-corrected chi connectivity index (χ0v) is 13.0. The van der Waals surface area contributed by atoms with Gasteiger partial charge in [-0.2, -0.15) is 0 Å². The number of hydrogen-bond donors (Lipinski definition) is 1. The third-order valence-electron chi connectivity index (χ3n) is 3.77. The molecular formula is C18H27NO. The molecule has 0 aliphatic heterocycles. The van der Waals surface area contributed by atoms with Crippen LogP contribution in [0.3, 0.4) is 0 Å². The second-order valence-corrected chi connectivity index (χ2v) is 5.69. The van der Waals surface area contributed by atoms with Gasteiger partial charge in [0.15, 0.2) is 0 Å². The van der Waals surface area contributed by atoms with Crippen LogP contribution in [-0.4, -0.2) is 6.54 Å². The van der Waals surface area contributed by atoms with Crippen LogP contribution < -0.4 is 5.32 Å². The summed E-state index contributed by atoms with van der Waals surface area (Å²) >= 11 is 0. The van der Waals surface area contributed by atoms with Gasteiger partial charge in [-0.05, 0) is 44.5 Å². The Hall–Kier alpha value is -1.28. The summed E-state index contributed by atoms with van der Waals surface area (Å²) in [4.78, 5) is 0. The Bertz CT molecular complexity index is 529. The largest absolute Gasteiger partial charge is 0.459 e.